The molecule has 7 rings (SSSR count). The first-order chi connectivity index (χ1) is 20.1. The number of carbonyl (C=O) groups is 1. The fraction of sp³-hybridized carbons (Fsp3) is 0.219. The Morgan fingerprint density at radius 2 is 1.59 bits per heavy atom. The predicted octanol–water partition coefficient (Wildman–Crippen LogP) is 4.76. The zero-order valence-electron chi connectivity index (χ0n) is 22.7. The summed E-state index contributed by atoms with van der Waals surface area (Å²) >= 11 is 0. The van der Waals surface area contributed by atoms with Gasteiger partial charge >= 0.3 is 0 Å². The number of hydrogen-bond donors (Lipinski definition) is 0. The van der Waals surface area contributed by atoms with Crippen LogP contribution in [0.5, 0.6) is 17.2 Å². The summed E-state index contributed by atoms with van der Waals surface area (Å²) in [4.78, 5) is 23.1. The average molecular weight is 548 g/mol. The number of aromatic nitrogens is 3. The number of hydrogen-bond acceptors (Lipinski definition) is 7. The van der Waals surface area contributed by atoms with Crippen molar-refractivity contribution in [3.05, 3.63) is 96.2 Å². The Morgan fingerprint density at radius 3 is 2.37 bits per heavy atom. The van der Waals surface area contributed by atoms with Crippen LogP contribution in [-0.2, 0) is 6.54 Å². The molecule has 0 bridgehead atoms. The quantitative estimate of drug-likeness (QED) is 0.303. The molecule has 0 atom stereocenters. The molecule has 206 valence electrons. The lowest BCUT2D eigenvalue weighted by molar-refractivity contribution is 0.0620. The Balaban J connectivity index is 1.16. The smallest absolute Gasteiger partial charge is 0.272 e. The Morgan fingerprint density at radius 1 is 0.829 bits per heavy atom. The summed E-state index contributed by atoms with van der Waals surface area (Å²) in [5, 5.41) is 4.81. The maximum atomic E-state index is 14.0. The third-order valence-corrected chi connectivity index (χ3v) is 7.60. The number of nitrogens with zero attached hydrogens (tertiary/aromatic N) is 5. The van der Waals surface area contributed by atoms with E-state index in [-0.39, 0.29) is 12.7 Å². The van der Waals surface area contributed by atoms with Crippen LogP contribution in [0.15, 0.2) is 84.9 Å². The highest BCUT2D eigenvalue weighted by atomic mass is 16.7. The molecule has 1 fully saturated rings. The van der Waals surface area contributed by atoms with Gasteiger partial charge in [-0.05, 0) is 48.0 Å². The van der Waals surface area contributed by atoms with E-state index in [0.717, 1.165) is 53.7 Å². The summed E-state index contributed by atoms with van der Waals surface area (Å²) in [7, 11) is 1.64. The van der Waals surface area contributed by atoms with E-state index in [1.165, 1.54) is 5.56 Å². The molecule has 3 aromatic carbocycles. The molecule has 0 unspecified atom stereocenters. The topological polar surface area (TPSA) is 81.4 Å². The third-order valence-electron chi connectivity index (χ3n) is 7.60. The summed E-state index contributed by atoms with van der Waals surface area (Å²) in [5.74, 6) is 2.29. The van der Waals surface area contributed by atoms with Gasteiger partial charge in [-0.1, -0.05) is 36.4 Å². The molecule has 0 N–H and O–H groups in total. The summed E-state index contributed by atoms with van der Waals surface area (Å²) in [6.45, 7) is 3.85. The maximum Gasteiger partial charge on any atom is 0.272 e. The molecule has 0 aliphatic carbocycles. The van der Waals surface area contributed by atoms with Crippen LogP contribution in [-0.4, -0.2) is 70.4 Å². The molecule has 9 nitrogen and oxygen atoms in total. The van der Waals surface area contributed by atoms with Crippen LogP contribution in [0.1, 0.15) is 16.1 Å². The lowest BCUT2D eigenvalue weighted by Crippen LogP contribution is -2.48. The van der Waals surface area contributed by atoms with E-state index >= 15 is 0 Å². The van der Waals surface area contributed by atoms with Crippen molar-refractivity contribution in [1.29, 1.82) is 0 Å². The van der Waals surface area contributed by atoms with Gasteiger partial charge in [-0.15, -0.1) is 0 Å². The van der Waals surface area contributed by atoms with E-state index in [1.54, 1.807) is 11.6 Å². The highest BCUT2D eigenvalue weighted by molar-refractivity contribution is 5.94. The molecule has 1 amide bonds. The molecule has 0 saturated carbocycles. The van der Waals surface area contributed by atoms with Crippen LogP contribution in [0.4, 0.5) is 0 Å². The summed E-state index contributed by atoms with van der Waals surface area (Å²) in [6, 6.07) is 27.5. The first-order valence-corrected chi connectivity index (χ1v) is 13.7. The Hall–Kier alpha value is -4.89. The lowest BCUT2D eigenvalue weighted by Gasteiger charge is -2.34. The second kappa shape index (κ2) is 10.6. The van der Waals surface area contributed by atoms with Crippen molar-refractivity contribution in [3.8, 4) is 39.8 Å². The van der Waals surface area contributed by atoms with Gasteiger partial charge in [-0.2, -0.15) is 5.10 Å². The summed E-state index contributed by atoms with van der Waals surface area (Å²) in [6.07, 6.45) is 0. The minimum Gasteiger partial charge on any atom is -0.497 e. The number of piperazine rings is 1. The monoisotopic (exact) mass is 547 g/mol. The number of amides is 1. The Labute approximate surface area is 237 Å². The van der Waals surface area contributed by atoms with Crippen LogP contribution >= 0.6 is 0 Å². The molecule has 41 heavy (non-hydrogen) atoms. The van der Waals surface area contributed by atoms with Gasteiger partial charge in [0.2, 0.25) is 6.79 Å². The number of benzene rings is 3. The average Bonchev–Trinajstić information content (AvgIpc) is 3.68. The standard InChI is InChI=1S/C32H29N5O4/c1-39-25-10-8-24(9-11-25)26-18-28(37-31(33-26)19-27(34-37)23-5-3-2-4-6-23)32(38)36-15-13-35(14-16-36)20-22-7-12-29-30(17-22)41-21-40-29/h2-12,17-19H,13-16,20-21H2,1H3. The van der Waals surface area contributed by atoms with Gasteiger partial charge < -0.3 is 19.1 Å². The third kappa shape index (κ3) is 4.96. The Kier molecular flexibility index (Phi) is 6.48. The van der Waals surface area contributed by atoms with Crippen LogP contribution in [0.3, 0.4) is 0 Å². The largest absolute Gasteiger partial charge is 0.497 e. The van der Waals surface area contributed by atoms with Gasteiger partial charge in [-0.25, -0.2) is 9.50 Å². The van der Waals surface area contributed by atoms with Crippen molar-refractivity contribution in [1.82, 2.24) is 24.4 Å². The van der Waals surface area contributed by atoms with Crippen molar-refractivity contribution in [2.75, 3.05) is 40.1 Å². The maximum absolute atomic E-state index is 14.0. The van der Waals surface area contributed by atoms with E-state index in [2.05, 4.69) is 11.0 Å². The van der Waals surface area contributed by atoms with Gasteiger partial charge in [0.25, 0.3) is 5.91 Å². The van der Waals surface area contributed by atoms with E-state index in [9.17, 15) is 4.79 Å². The first-order valence-electron chi connectivity index (χ1n) is 13.7. The zero-order chi connectivity index (χ0) is 27.8. The highest BCUT2D eigenvalue weighted by Gasteiger charge is 2.26. The SMILES string of the molecule is COc1ccc(-c2cc(C(=O)N3CCN(Cc4ccc5c(c4)OCO5)CC3)n3nc(-c4ccccc4)cc3n2)cc1. The fourth-order valence-corrected chi connectivity index (χ4v) is 5.36. The Bertz CT molecular complexity index is 1710. The highest BCUT2D eigenvalue weighted by Crippen LogP contribution is 2.33. The number of rotatable bonds is 6. The van der Waals surface area contributed by atoms with Crippen molar-refractivity contribution in [2.45, 2.75) is 6.54 Å². The molecule has 2 aliphatic heterocycles. The summed E-state index contributed by atoms with van der Waals surface area (Å²) < 4.78 is 18.0. The number of fused-ring (bicyclic) bond motifs is 2. The van der Waals surface area contributed by atoms with Crippen LogP contribution < -0.4 is 14.2 Å². The van der Waals surface area contributed by atoms with Gasteiger partial charge in [0.1, 0.15) is 11.4 Å². The molecule has 2 aromatic heterocycles. The molecular formula is C32H29N5O4. The van der Waals surface area contributed by atoms with Gasteiger partial charge in [0.05, 0.1) is 18.5 Å². The van der Waals surface area contributed by atoms with E-state index < -0.39 is 0 Å². The van der Waals surface area contributed by atoms with Gasteiger partial charge in [0, 0.05) is 49.9 Å². The van der Waals surface area contributed by atoms with Crippen LogP contribution in [0.25, 0.3) is 28.2 Å². The van der Waals surface area contributed by atoms with Crippen molar-refractivity contribution >= 4 is 11.6 Å². The molecule has 9 heteroatoms. The molecule has 0 radical (unpaired) electrons. The first kappa shape index (κ1) is 25.1. The van der Waals surface area contributed by atoms with E-state index in [4.69, 9.17) is 24.3 Å². The van der Waals surface area contributed by atoms with Crippen LogP contribution in [0.2, 0.25) is 0 Å². The van der Waals surface area contributed by atoms with E-state index in [0.29, 0.717) is 30.1 Å². The molecule has 1 saturated heterocycles. The molecule has 0 spiro atoms. The predicted molar refractivity (Wildman–Crippen MR) is 154 cm³/mol. The number of ether oxygens (including phenoxy) is 3. The van der Waals surface area contributed by atoms with Gasteiger partial charge in [0.15, 0.2) is 17.1 Å². The molecule has 4 heterocycles. The minimum atomic E-state index is -0.0578. The molecular weight excluding hydrogens is 518 g/mol. The second-order valence-corrected chi connectivity index (χ2v) is 10.2. The van der Waals surface area contributed by atoms with Gasteiger partial charge in [-0.3, -0.25) is 9.69 Å². The number of methoxy groups -OCH3 is 1. The van der Waals surface area contributed by atoms with Crippen LogP contribution in [0, 0.1) is 0 Å². The minimum absolute atomic E-state index is 0.0578. The molecule has 5 aromatic rings. The fourth-order valence-electron chi connectivity index (χ4n) is 5.36. The van der Waals surface area contributed by atoms with Crippen molar-refractivity contribution in [3.63, 3.8) is 0 Å². The van der Waals surface area contributed by atoms with E-state index in [1.807, 2.05) is 83.8 Å². The van der Waals surface area contributed by atoms with Crippen molar-refractivity contribution < 1.29 is 19.0 Å². The normalized spacial score (nSPS) is 14.9. The zero-order valence-corrected chi connectivity index (χ0v) is 22.7. The second-order valence-electron chi connectivity index (χ2n) is 10.2. The lowest BCUT2D eigenvalue weighted by atomic mass is 10.1. The number of carbonyl (C=O) groups excluding carboxylic acids is 1. The molecule has 2 aliphatic rings. The van der Waals surface area contributed by atoms with Crippen molar-refractivity contribution in [2.24, 2.45) is 0 Å². The summed E-state index contributed by atoms with van der Waals surface area (Å²) in [5.41, 5.74) is 5.64.